The van der Waals surface area contributed by atoms with Crippen molar-refractivity contribution in [2.24, 2.45) is 5.73 Å². The van der Waals surface area contributed by atoms with Crippen molar-refractivity contribution in [2.75, 3.05) is 23.2 Å². The maximum Gasteiger partial charge on any atom is 0.237 e. The number of fused-ring (bicyclic) bond motifs is 1. The van der Waals surface area contributed by atoms with Gasteiger partial charge in [0.05, 0.1) is 17.5 Å². The predicted octanol–water partition coefficient (Wildman–Crippen LogP) is 1.58. The largest absolute Gasteiger partial charge is 0.377 e. The molecule has 0 aliphatic carbocycles. The second-order valence-corrected chi connectivity index (χ2v) is 7.85. The van der Waals surface area contributed by atoms with E-state index in [9.17, 15) is 8.42 Å². The molecule has 2 heterocycles. The van der Waals surface area contributed by atoms with Gasteiger partial charge in [0, 0.05) is 19.2 Å². The molecule has 0 aromatic heterocycles. The average Bonchev–Trinajstić information content (AvgIpc) is 3.05. The minimum absolute atomic E-state index is 0.0344. The molecule has 3 rings (SSSR count). The summed E-state index contributed by atoms with van der Waals surface area (Å²) in [7, 11) is -3.31. The fourth-order valence-corrected chi connectivity index (χ4v) is 4.82. The lowest BCUT2D eigenvalue weighted by Gasteiger charge is -2.21. The molecule has 5 nitrogen and oxygen atoms in total. The number of anilines is 1. The van der Waals surface area contributed by atoms with Gasteiger partial charge in [-0.05, 0) is 43.4 Å². The van der Waals surface area contributed by atoms with Crippen LogP contribution in [0.3, 0.4) is 0 Å². The van der Waals surface area contributed by atoms with E-state index in [0.717, 1.165) is 36.1 Å². The Balaban J connectivity index is 1.83. The third-order valence-corrected chi connectivity index (χ3v) is 6.08. The van der Waals surface area contributed by atoms with Crippen LogP contribution in [0, 0.1) is 0 Å². The van der Waals surface area contributed by atoms with Crippen molar-refractivity contribution in [2.45, 2.75) is 38.3 Å². The number of sulfonamides is 1. The summed E-state index contributed by atoms with van der Waals surface area (Å²) in [6, 6.07) is 5.80. The minimum Gasteiger partial charge on any atom is -0.377 e. The van der Waals surface area contributed by atoms with Crippen molar-refractivity contribution in [3.8, 4) is 0 Å². The second kappa shape index (κ2) is 5.59. The number of ether oxygens (including phenoxy) is 1. The van der Waals surface area contributed by atoms with Gasteiger partial charge in [-0.1, -0.05) is 12.1 Å². The molecular formula is C15H22N2O3S. The van der Waals surface area contributed by atoms with Gasteiger partial charge in [-0.3, -0.25) is 4.31 Å². The first-order chi connectivity index (χ1) is 9.97. The van der Waals surface area contributed by atoms with E-state index in [1.165, 1.54) is 4.31 Å². The fourth-order valence-electron chi connectivity index (χ4n) is 3.06. The Labute approximate surface area is 126 Å². The Bertz CT molecular complexity index is 622. The highest BCUT2D eigenvalue weighted by molar-refractivity contribution is 7.92. The third-order valence-electron chi connectivity index (χ3n) is 4.24. The Hall–Kier alpha value is -1.11. The van der Waals surface area contributed by atoms with Crippen LogP contribution in [0.5, 0.6) is 0 Å². The summed E-state index contributed by atoms with van der Waals surface area (Å²) >= 11 is 0. The lowest BCUT2D eigenvalue weighted by atomic mass is 10.0. The molecule has 2 aliphatic heterocycles. The summed E-state index contributed by atoms with van der Waals surface area (Å²) in [6.45, 7) is 3.13. The highest BCUT2D eigenvalue weighted by Gasteiger charge is 2.33. The normalized spacial score (nSPS) is 23.3. The van der Waals surface area contributed by atoms with Crippen LogP contribution in [0.25, 0.3) is 0 Å². The molecule has 2 N–H and O–H groups in total. The Morgan fingerprint density at radius 1 is 1.48 bits per heavy atom. The molecule has 0 bridgehead atoms. The Kier molecular flexibility index (Phi) is 3.94. The van der Waals surface area contributed by atoms with Gasteiger partial charge in [-0.25, -0.2) is 8.42 Å². The summed E-state index contributed by atoms with van der Waals surface area (Å²) in [4.78, 5) is 0. The maximum absolute atomic E-state index is 12.6. The van der Waals surface area contributed by atoms with Gasteiger partial charge >= 0.3 is 0 Å². The Morgan fingerprint density at radius 3 is 2.95 bits per heavy atom. The van der Waals surface area contributed by atoms with Gasteiger partial charge in [-0.15, -0.1) is 0 Å². The highest BCUT2D eigenvalue weighted by atomic mass is 32.2. The van der Waals surface area contributed by atoms with Crippen LogP contribution in [0.4, 0.5) is 5.69 Å². The van der Waals surface area contributed by atoms with Crippen molar-refractivity contribution in [3.63, 3.8) is 0 Å². The van der Waals surface area contributed by atoms with Crippen LogP contribution < -0.4 is 10.0 Å². The van der Waals surface area contributed by atoms with E-state index in [1.807, 2.05) is 25.1 Å². The first-order valence-electron chi connectivity index (χ1n) is 7.48. The molecule has 116 valence electrons. The second-order valence-electron chi connectivity index (χ2n) is 5.91. The van der Waals surface area contributed by atoms with Gasteiger partial charge in [0.2, 0.25) is 10.0 Å². The minimum atomic E-state index is -3.31. The van der Waals surface area contributed by atoms with Gasteiger partial charge < -0.3 is 10.5 Å². The average molecular weight is 310 g/mol. The summed E-state index contributed by atoms with van der Waals surface area (Å²) in [5.41, 5.74) is 8.81. The van der Waals surface area contributed by atoms with Crippen LogP contribution in [-0.2, 0) is 21.2 Å². The van der Waals surface area contributed by atoms with Crippen LogP contribution in [-0.4, -0.2) is 33.4 Å². The molecular weight excluding hydrogens is 288 g/mol. The Morgan fingerprint density at radius 2 is 2.29 bits per heavy atom. The van der Waals surface area contributed by atoms with E-state index in [-0.39, 0.29) is 17.9 Å². The van der Waals surface area contributed by atoms with E-state index in [0.29, 0.717) is 13.2 Å². The molecule has 2 atom stereocenters. The van der Waals surface area contributed by atoms with E-state index in [4.69, 9.17) is 10.5 Å². The zero-order valence-electron chi connectivity index (χ0n) is 12.3. The molecule has 6 heteroatoms. The van der Waals surface area contributed by atoms with Crippen molar-refractivity contribution in [1.82, 2.24) is 0 Å². The monoisotopic (exact) mass is 310 g/mol. The van der Waals surface area contributed by atoms with Gasteiger partial charge in [0.15, 0.2) is 0 Å². The summed E-state index contributed by atoms with van der Waals surface area (Å²) in [5.74, 6) is 0.0848. The van der Waals surface area contributed by atoms with Crippen molar-refractivity contribution < 1.29 is 13.2 Å². The van der Waals surface area contributed by atoms with Crippen LogP contribution in [0.15, 0.2) is 18.2 Å². The van der Waals surface area contributed by atoms with E-state index in [2.05, 4.69) is 0 Å². The van der Waals surface area contributed by atoms with Crippen LogP contribution in [0.2, 0.25) is 0 Å². The van der Waals surface area contributed by atoms with Crippen LogP contribution >= 0.6 is 0 Å². The number of hydrogen-bond donors (Lipinski definition) is 1. The first-order valence-corrected chi connectivity index (χ1v) is 9.09. The first kappa shape index (κ1) is 14.8. The highest BCUT2D eigenvalue weighted by Crippen LogP contribution is 2.33. The zero-order chi connectivity index (χ0) is 15.0. The number of nitrogens with two attached hydrogens (primary N) is 1. The van der Waals surface area contributed by atoms with Crippen molar-refractivity contribution in [3.05, 3.63) is 29.3 Å². The molecule has 2 aliphatic rings. The lowest BCUT2D eigenvalue weighted by molar-refractivity contribution is 0.127. The van der Waals surface area contributed by atoms with Gasteiger partial charge in [0.1, 0.15) is 0 Å². The van der Waals surface area contributed by atoms with Gasteiger partial charge in [0.25, 0.3) is 0 Å². The van der Waals surface area contributed by atoms with E-state index >= 15 is 0 Å². The molecule has 1 aromatic rings. The fraction of sp³-hybridized carbons (Fsp3) is 0.600. The molecule has 0 radical (unpaired) electrons. The molecule has 21 heavy (non-hydrogen) atoms. The molecule has 0 amide bonds. The van der Waals surface area contributed by atoms with E-state index < -0.39 is 10.0 Å². The summed E-state index contributed by atoms with van der Waals surface area (Å²) < 4.78 is 32.2. The molecule has 1 saturated heterocycles. The molecule has 1 fully saturated rings. The number of nitrogens with zero attached hydrogens (tertiary/aromatic N) is 1. The van der Waals surface area contributed by atoms with Gasteiger partial charge in [-0.2, -0.15) is 0 Å². The summed E-state index contributed by atoms with van der Waals surface area (Å²) in [6.07, 6.45) is 2.39. The predicted molar refractivity (Wildman–Crippen MR) is 82.9 cm³/mol. The molecule has 0 spiro atoms. The van der Waals surface area contributed by atoms with Crippen molar-refractivity contribution >= 4 is 15.7 Å². The maximum atomic E-state index is 12.6. The molecule has 2 unspecified atom stereocenters. The third kappa shape index (κ3) is 2.93. The topological polar surface area (TPSA) is 72.6 Å². The van der Waals surface area contributed by atoms with Crippen LogP contribution in [0.1, 0.15) is 36.9 Å². The number of rotatable bonds is 4. The quantitative estimate of drug-likeness (QED) is 0.916. The lowest BCUT2D eigenvalue weighted by Crippen LogP contribution is -2.35. The SMILES string of the molecule is CC(N)c1ccc2c(c1)CCN2S(=O)(=O)CC1CCCO1. The molecule has 1 aromatic carbocycles. The van der Waals surface area contributed by atoms with Crippen molar-refractivity contribution in [1.29, 1.82) is 0 Å². The summed E-state index contributed by atoms with van der Waals surface area (Å²) in [5, 5.41) is 0. The van der Waals surface area contributed by atoms with E-state index in [1.54, 1.807) is 0 Å². The number of hydrogen-bond acceptors (Lipinski definition) is 4. The standard InChI is InChI=1S/C15H22N2O3S/c1-11(16)12-4-5-15-13(9-12)6-7-17(15)21(18,19)10-14-3-2-8-20-14/h4-5,9,11,14H,2-3,6-8,10,16H2,1H3. The number of benzene rings is 1. The molecule has 0 saturated carbocycles. The zero-order valence-corrected chi connectivity index (χ0v) is 13.1. The smallest absolute Gasteiger partial charge is 0.237 e.